The molecule has 142 valence electrons. The van der Waals surface area contributed by atoms with E-state index < -0.39 is 22.9 Å². The third kappa shape index (κ3) is 4.22. The molecule has 2 N–H and O–H groups in total. The summed E-state index contributed by atoms with van der Waals surface area (Å²) in [4.78, 5) is 23.7. The molecule has 0 aliphatic carbocycles. The number of anilines is 1. The minimum Gasteiger partial charge on any atom is -0.447 e. The molecule has 1 aromatic rings. The molecule has 2 aliphatic rings. The molecule has 2 fully saturated rings. The second-order valence-corrected chi connectivity index (χ2v) is 7.47. The molecule has 0 bridgehead atoms. The Hall–Kier alpha value is -1.57. The highest BCUT2D eigenvalue weighted by atomic mass is 35.5. The topological polar surface area (TPSA) is 70.7 Å². The maximum atomic E-state index is 14.7. The van der Waals surface area contributed by atoms with E-state index in [9.17, 15) is 14.0 Å². The van der Waals surface area contributed by atoms with E-state index in [1.54, 1.807) is 12.1 Å². The van der Waals surface area contributed by atoms with E-state index in [0.29, 0.717) is 11.3 Å². The molecule has 0 spiro atoms. The molecule has 2 amide bonds. The van der Waals surface area contributed by atoms with Gasteiger partial charge in [-0.2, -0.15) is 0 Å². The van der Waals surface area contributed by atoms with Crippen LogP contribution in [0.15, 0.2) is 18.2 Å². The highest BCUT2D eigenvalue weighted by Crippen LogP contribution is 2.31. The summed E-state index contributed by atoms with van der Waals surface area (Å²) in [7, 11) is 0. The van der Waals surface area contributed by atoms with Crippen LogP contribution in [0.3, 0.4) is 0 Å². The molecular formula is C17H20Cl2FN3O3. The lowest BCUT2D eigenvalue weighted by atomic mass is 9.89. The second kappa shape index (κ2) is 8.41. The summed E-state index contributed by atoms with van der Waals surface area (Å²) in [6, 6.07) is 4.34. The second-order valence-electron chi connectivity index (χ2n) is 6.38. The number of nitrogens with zero attached hydrogens (tertiary/aromatic N) is 1. The number of nitrogens with one attached hydrogen (secondary N) is 2. The van der Waals surface area contributed by atoms with Crippen molar-refractivity contribution in [3.8, 4) is 0 Å². The van der Waals surface area contributed by atoms with Crippen LogP contribution in [-0.4, -0.2) is 49.1 Å². The SMILES string of the molecule is O=C(NC[C@H]1COC(=O)N1c1ccc(C2CCNCC2)c(F)c1)C(Cl)Cl. The molecule has 0 unspecified atom stereocenters. The normalized spacial score (nSPS) is 21.2. The van der Waals surface area contributed by atoms with E-state index in [1.807, 2.05) is 0 Å². The smallest absolute Gasteiger partial charge is 0.414 e. The first kappa shape index (κ1) is 19.2. The summed E-state index contributed by atoms with van der Waals surface area (Å²) in [5, 5.41) is 5.80. The van der Waals surface area contributed by atoms with Gasteiger partial charge in [-0.15, -0.1) is 0 Å². The zero-order valence-electron chi connectivity index (χ0n) is 14.0. The number of amides is 2. The number of cyclic esters (lactones) is 1. The van der Waals surface area contributed by atoms with Crippen molar-refractivity contribution in [3.63, 3.8) is 0 Å². The number of hydrogen-bond acceptors (Lipinski definition) is 4. The molecule has 0 radical (unpaired) electrons. The minimum atomic E-state index is -1.19. The molecule has 2 aliphatic heterocycles. The van der Waals surface area contributed by atoms with Gasteiger partial charge in [-0.1, -0.05) is 29.3 Å². The fraction of sp³-hybridized carbons (Fsp3) is 0.529. The van der Waals surface area contributed by atoms with Gasteiger partial charge in [0.2, 0.25) is 0 Å². The third-order valence-electron chi connectivity index (χ3n) is 4.71. The molecule has 2 saturated heterocycles. The number of ether oxygens (including phenoxy) is 1. The number of rotatable bonds is 5. The summed E-state index contributed by atoms with van der Waals surface area (Å²) >= 11 is 11.0. The molecule has 6 nitrogen and oxygen atoms in total. The van der Waals surface area contributed by atoms with Gasteiger partial charge in [0, 0.05) is 6.54 Å². The van der Waals surface area contributed by atoms with Crippen molar-refractivity contribution in [1.29, 1.82) is 0 Å². The lowest BCUT2D eigenvalue weighted by Crippen LogP contribution is -2.44. The quantitative estimate of drug-likeness (QED) is 0.741. The first-order valence-corrected chi connectivity index (χ1v) is 9.36. The van der Waals surface area contributed by atoms with Crippen LogP contribution in [-0.2, 0) is 9.53 Å². The van der Waals surface area contributed by atoms with E-state index in [0.717, 1.165) is 25.9 Å². The van der Waals surface area contributed by atoms with E-state index in [-0.39, 0.29) is 24.9 Å². The van der Waals surface area contributed by atoms with Crippen LogP contribution in [0.4, 0.5) is 14.9 Å². The zero-order valence-corrected chi connectivity index (χ0v) is 15.5. The van der Waals surface area contributed by atoms with Crippen LogP contribution < -0.4 is 15.5 Å². The highest BCUT2D eigenvalue weighted by Gasteiger charge is 2.35. The van der Waals surface area contributed by atoms with Crippen molar-refractivity contribution in [3.05, 3.63) is 29.6 Å². The monoisotopic (exact) mass is 403 g/mol. The van der Waals surface area contributed by atoms with Gasteiger partial charge in [0.1, 0.15) is 12.4 Å². The number of carbonyl (C=O) groups excluding carboxylic acids is 2. The standard InChI is InChI=1S/C17H20Cl2FN3O3/c18-15(19)16(24)22-8-12-9-26-17(25)23(12)11-1-2-13(14(20)7-11)10-3-5-21-6-4-10/h1-2,7,10,12,15,21H,3-6,8-9H2,(H,22,24)/t12-/m0/s1. The van der Waals surface area contributed by atoms with E-state index >= 15 is 0 Å². The number of carbonyl (C=O) groups is 2. The number of halogens is 3. The van der Waals surface area contributed by atoms with Crippen LogP contribution in [0, 0.1) is 5.82 Å². The first-order valence-electron chi connectivity index (χ1n) is 8.49. The maximum Gasteiger partial charge on any atom is 0.414 e. The Morgan fingerprint density at radius 1 is 1.38 bits per heavy atom. The molecule has 1 aromatic carbocycles. The molecule has 1 atom stereocenters. The average Bonchev–Trinajstić information content (AvgIpc) is 3.00. The zero-order chi connectivity index (χ0) is 18.7. The predicted molar refractivity (Wildman–Crippen MR) is 97.4 cm³/mol. The highest BCUT2D eigenvalue weighted by molar-refractivity contribution is 6.53. The van der Waals surface area contributed by atoms with Crippen LogP contribution in [0.5, 0.6) is 0 Å². The number of hydrogen-bond donors (Lipinski definition) is 2. The molecule has 3 rings (SSSR count). The van der Waals surface area contributed by atoms with Gasteiger partial charge in [0.15, 0.2) is 4.84 Å². The number of piperidine rings is 1. The Balaban J connectivity index is 1.74. The Morgan fingerprint density at radius 3 is 2.77 bits per heavy atom. The molecule has 2 heterocycles. The van der Waals surface area contributed by atoms with Gasteiger partial charge < -0.3 is 15.4 Å². The van der Waals surface area contributed by atoms with Gasteiger partial charge in [0.25, 0.3) is 5.91 Å². The van der Waals surface area contributed by atoms with E-state index in [4.69, 9.17) is 27.9 Å². The maximum absolute atomic E-state index is 14.7. The van der Waals surface area contributed by atoms with Crippen molar-refractivity contribution < 1.29 is 18.7 Å². The van der Waals surface area contributed by atoms with Gasteiger partial charge in [-0.05, 0) is 49.5 Å². The van der Waals surface area contributed by atoms with Crippen molar-refractivity contribution in [2.45, 2.75) is 29.6 Å². The Morgan fingerprint density at radius 2 is 2.12 bits per heavy atom. The molecule has 0 aromatic heterocycles. The van der Waals surface area contributed by atoms with Crippen molar-refractivity contribution in [2.75, 3.05) is 31.1 Å². The third-order valence-corrected chi connectivity index (χ3v) is 5.11. The molecule has 9 heteroatoms. The summed E-state index contributed by atoms with van der Waals surface area (Å²) in [5.74, 6) is -0.714. The van der Waals surface area contributed by atoms with Gasteiger partial charge in [-0.25, -0.2) is 9.18 Å². The summed E-state index contributed by atoms with van der Waals surface area (Å²) in [6.45, 7) is 1.94. The molecule has 0 saturated carbocycles. The van der Waals surface area contributed by atoms with Crippen LogP contribution in [0.1, 0.15) is 24.3 Å². The summed E-state index contributed by atoms with van der Waals surface area (Å²) in [5.41, 5.74) is 1.06. The minimum absolute atomic E-state index is 0.0893. The summed E-state index contributed by atoms with van der Waals surface area (Å²) in [6.07, 6.45) is 1.19. The molecular weight excluding hydrogens is 384 g/mol. The molecule has 26 heavy (non-hydrogen) atoms. The number of benzene rings is 1. The lowest BCUT2D eigenvalue weighted by molar-refractivity contribution is -0.119. The van der Waals surface area contributed by atoms with Gasteiger partial charge in [0.05, 0.1) is 11.7 Å². The Bertz CT molecular complexity index is 683. The van der Waals surface area contributed by atoms with Gasteiger partial charge >= 0.3 is 6.09 Å². The van der Waals surface area contributed by atoms with Crippen LogP contribution >= 0.6 is 23.2 Å². The first-order chi connectivity index (χ1) is 12.5. The van der Waals surface area contributed by atoms with Crippen molar-refractivity contribution in [1.82, 2.24) is 10.6 Å². The fourth-order valence-electron chi connectivity index (χ4n) is 3.35. The van der Waals surface area contributed by atoms with Crippen LogP contribution in [0.2, 0.25) is 0 Å². The Kier molecular flexibility index (Phi) is 6.21. The summed E-state index contributed by atoms with van der Waals surface area (Å²) < 4.78 is 19.7. The number of alkyl halides is 2. The average molecular weight is 404 g/mol. The Labute approximate surface area is 161 Å². The predicted octanol–water partition coefficient (Wildman–Crippen LogP) is 2.54. The van der Waals surface area contributed by atoms with Crippen molar-refractivity contribution >= 4 is 40.9 Å². The lowest BCUT2D eigenvalue weighted by Gasteiger charge is -2.25. The van der Waals surface area contributed by atoms with Crippen LogP contribution in [0.25, 0.3) is 0 Å². The van der Waals surface area contributed by atoms with E-state index in [2.05, 4.69) is 10.6 Å². The van der Waals surface area contributed by atoms with E-state index in [1.165, 1.54) is 11.0 Å². The largest absolute Gasteiger partial charge is 0.447 e. The van der Waals surface area contributed by atoms with Crippen molar-refractivity contribution in [2.24, 2.45) is 0 Å². The van der Waals surface area contributed by atoms with Gasteiger partial charge in [-0.3, -0.25) is 9.69 Å². The fourth-order valence-corrected chi connectivity index (χ4v) is 3.51.